The van der Waals surface area contributed by atoms with Crippen LogP contribution in [0.15, 0.2) is 65.7 Å². The smallest absolute Gasteiger partial charge is 0.335 e. The third-order valence-electron chi connectivity index (χ3n) is 4.27. The number of hydrogen-bond donors (Lipinski definition) is 2. The fourth-order valence-corrected chi connectivity index (χ4v) is 2.88. The van der Waals surface area contributed by atoms with Crippen LogP contribution < -0.4 is 10.1 Å². The topological polar surface area (TPSA) is 88.0 Å². The molecule has 31 heavy (non-hydrogen) atoms. The van der Waals surface area contributed by atoms with E-state index >= 15 is 0 Å². The van der Waals surface area contributed by atoms with E-state index in [0.717, 1.165) is 5.56 Å². The van der Waals surface area contributed by atoms with Gasteiger partial charge in [0.2, 0.25) is 0 Å². The fraction of sp³-hybridized carbons (Fsp3) is 0.0870. The van der Waals surface area contributed by atoms with Crippen LogP contribution >= 0.6 is 11.6 Å². The van der Waals surface area contributed by atoms with E-state index in [4.69, 9.17) is 21.4 Å². The lowest BCUT2D eigenvalue weighted by atomic mass is 10.1. The number of rotatable bonds is 7. The summed E-state index contributed by atoms with van der Waals surface area (Å²) in [4.78, 5) is 27.4. The van der Waals surface area contributed by atoms with E-state index in [1.54, 1.807) is 36.5 Å². The largest absolute Gasteiger partial charge is 0.482 e. The van der Waals surface area contributed by atoms with Gasteiger partial charge in [0.1, 0.15) is 11.6 Å². The molecule has 3 rings (SSSR count). The third kappa shape index (κ3) is 5.90. The predicted octanol–water partition coefficient (Wildman–Crippen LogP) is 5.25. The molecular formula is C23H18ClFN2O4. The van der Waals surface area contributed by atoms with Gasteiger partial charge in [-0.15, -0.1) is 0 Å². The number of hydrogen-bond acceptors (Lipinski definition) is 4. The van der Waals surface area contributed by atoms with Crippen LogP contribution in [0.4, 0.5) is 15.8 Å². The molecule has 6 nitrogen and oxygen atoms in total. The summed E-state index contributed by atoms with van der Waals surface area (Å²) >= 11 is 6.22. The number of nitrogens with one attached hydrogen (secondary N) is 1. The zero-order valence-corrected chi connectivity index (χ0v) is 17.2. The normalized spacial score (nSPS) is 10.8. The van der Waals surface area contributed by atoms with Crippen LogP contribution in [-0.2, 0) is 4.79 Å². The van der Waals surface area contributed by atoms with Crippen molar-refractivity contribution in [3.63, 3.8) is 0 Å². The Morgan fingerprint density at radius 1 is 1.16 bits per heavy atom. The first kappa shape index (κ1) is 22.0. The van der Waals surface area contributed by atoms with Gasteiger partial charge in [0.25, 0.3) is 5.91 Å². The highest BCUT2D eigenvalue weighted by molar-refractivity contribution is 6.32. The van der Waals surface area contributed by atoms with Crippen molar-refractivity contribution in [3.8, 4) is 5.75 Å². The number of carboxylic acid groups (broad SMARTS) is 1. The average Bonchev–Trinajstić information content (AvgIpc) is 2.74. The second-order valence-corrected chi connectivity index (χ2v) is 6.98. The van der Waals surface area contributed by atoms with Gasteiger partial charge in [0.05, 0.1) is 22.0 Å². The van der Waals surface area contributed by atoms with Gasteiger partial charge in [-0.1, -0.05) is 29.8 Å². The predicted molar refractivity (Wildman–Crippen MR) is 117 cm³/mol. The number of ether oxygens (including phenoxy) is 1. The fourth-order valence-electron chi connectivity index (χ4n) is 2.63. The number of anilines is 1. The molecule has 0 unspecified atom stereocenters. The molecule has 3 aromatic carbocycles. The Bertz CT molecular complexity index is 1160. The van der Waals surface area contributed by atoms with Gasteiger partial charge in [-0.2, -0.15) is 0 Å². The van der Waals surface area contributed by atoms with Crippen molar-refractivity contribution in [3.05, 3.63) is 88.2 Å². The molecule has 8 heteroatoms. The first-order chi connectivity index (χ1) is 14.8. The second kappa shape index (κ2) is 9.86. The van der Waals surface area contributed by atoms with Crippen molar-refractivity contribution in [2.75, 3.05) is 11.9 Å². The lowest BCUT2D eigenvalue weighted by Crippen LogP contribution is -2.20. The molecule has 0 saturated carbocycles. The van der Waals surface area contributed by atoms with Gasteiger partial charge in [-0.25, -0.2) is 9.18 Å². The van der Waals surface area contributed by atoms with Gasteiger partial charge in [0, 0.05) is 6.21 Å². The Hall–Kier alpha value is -3.71. The van der Waals surface area contributed by atoms with E-state index in [2.05, 4.69) is 10.3 Å². The molecule has 0 fully saturated rings. The highest BCUT2D eigenvalue weighted by atomic mass is 35.5. The molecule has 0 aromatic heterocycles. The number of carboxylic acids is 1. The lowest BCUT2D eigenvalue weighted by molar-refractivity contribution is -0.118. The molecule has 0 aliphatic heterocycles. The number of nitrogens with zero attached hydrogens (tertiary/aromatic N) is 1. The molecule has 0 aliphatic rings. The van der Waals surface area contributed by atoms with Gasteiger partial charge >= 0.3 is 5.97 Å². The maximum Gasteiger partial charge on any atom is 0.335 e. The molecule has 0 radical (unpaired) electrons. The second-order valence-electron chi connectivity index (χ2n) is 6.57. The number of para-hydroxylation sites is 1. The Kier molecular flexibility index (Phi) is 6.99. The molecule has 3 aromatic rings. The van der Waals surface area contributed by atoms with Crippen molar-refractivity contribution in [1.29, 1.82) is 0 Å². The highest BCUT2D eigenvalue weighted by Crippen LogP contribution is 2.26. The number of aromatic carboxylic acids is 1. The summed E-state index contributed by atoms with van der Waals surface area (Å²) in [5.74, 6) is -1.81. The van der Waals surface area contributed by atoms with Gasteiger partial charge in [0.15, 0.2) is 6.61 Å². The molecular weight excluding hydrogens is 423 g/mol. The van der Waals surface area contributed by atoms with E-state index in [1.807, 2.05) is 6.92 Å². The maximum atomic E-state index is 13.6. The minimum Gasteiger partial charge on any atom is -0.482 e. The molecule has 0 atom stereocenters. The van der Waals surface area contributed by atoms with Gasteiger partial charge in [-0.3, -0.25) is 9.79 Å². The van der Waals surface area contributed by atoms with E-state index in [-0.39, 0.29) is 28.6 Å². The molecule has 0 aliphatic carbocycles. The summed E-state index contributed by atoms with van der Waals surface area (Å²) in [6, 6.07) is 15.4. The van der Waals surface area contributed by atoms with Crippen LogP contribution in [0, 0.1) is 12.7 Å². The Morgan fingerprint density at radius 2 is 1.94 bits per heavy atom. The van der Waals surface area contributed by atoms with Gasteiger partial charge in [-0.05, 0) is 60.5 Å². The zero-order chi connectivity index (χ0) is 22.4. The summed E-state index contributed by atoms with van der Waals surface area (Å²) in [5, 5.41) is 11.8. The van der Waals surface area contributed by atoms with Crippen LogP contribution in [0.1, 0.15) is 21.5 Å². The number of aryl methyl sites for hydroxylation is 1. The summed E-state index contributed by atoms with van der Waals surface area (Å²) < 4.78 is 19.0. The molecule has 1 amide bonds. The SMILES string of the molecule is Cc1ccc(C(=O)O)cc1N=Cc1ccc(OCC(=O)Nc2ccccc2F)c(Cl)c1. The number of carbonyl (C=O) groups excluding carboxylic acids is 1. The van der Waals surface area contributed by atoms with Crippen LogP contribution in [0.3, 0.4) is 0 Å². The van der Waals surface area contributed by atoms with Crippen LogP contribution in [0.25, 0.3) is 0 Å². The molecule has 0 bridgehead atoms. The molecule has 0 saturated heterocycles. The minimum atomic E-state index is -1.03. The molecule has 158 valence electrons. The van der Waals surface area contributed by atoms with Crippen molar-refractivity contribution in [2.24, 2.45) is 4.99 Å². The highest BCUT2D eigenvalue weighted by Gasteiger charge is 2.09. The first-order valence-electron chi connectivity index (χ1n) is 9.18. The quantitative estimate of drug-likeness (QED) is 0.491. The van der Waals surface area contributed by atoms with Crippen LogP contribution in [0.2, 0.25) is 5.02 Å². The van der Waals surface area contributed by atoms with Crippen molar-refractivity contribution < 1.29 is 23.8 Å². The standard InChI is InChI=1S/C23H18ClFN2O4/c1-14-6-8-16(23(29)30)11-20(14)26-12-15-7-9-21(17(24)10-15)31-13-22(28)27-19-5-3-2-4-18(19)25/h2-12H,13H2,1H3,(H,27,28)(H,29,30). The lowest BCUT2D eigenvalue weighted by Gasteiger charge is -2.10. The Balaban J connectivity index is 1.64. The molecule has 0 spiro atoms. The van der Waals surface area contributed by atoms with E-state index in [1.165, 1.54) is 30.3 Å². The van der Waals surface area contributed by atoms with Crippen molar-refractivity contribution >= 4 is 41.1 Å². The van der Waals surface area contributed by atoms with Gasteiger partial charge < -0.3 is 15.2 Å². The summed E-state index contributed by atoms with van der Waals surface area (Å²) in [6.07, 6.45) is 1.55. The number of aliphatic imine (C=N–C) groups is 1. The Morgan fingerprint density at radius 3 is 2.65 bits per heavy atom. The zero-order valence-electron chi connectivity index (χ0n) is 16.4. The number of halogens is 2. The third-order valence-corrected chi connectivity index (χ3v) is 4.57. The maximum absolute atomic E-state index is 13.6. The van der Waals surface area contributed by atoms with E-state index in [0.29, 0.717) is 11.3 Å². The number of carbonyl (C=O) groups is 2. The Labute approximate surface area is 183 Å². The van der Waals surface area contributed by atoms with Crippen molar-refractivity contribution in [2.45, 2.75) is 6.92 Å². The molecule has 2 N–H and O–H groups in total. The minimum absolute atomic E-state index is 0.0658. The van der Waals surface area contributed by atoms with E-state index < -0.39 is 17.7 Å². The number of amides is 1. The summed E-state index contributed by atoms with van der Waals surface area (Å²) in [5.41, 5.74) is 2.23. The molecule has 0 heterocycles. The monoisotopic (exact) mass is 440 g/mol. The van der Waals surface area contributed by atoms with Crippen molar-refractivity contribution in [1.82, 2.24) is 0 Å². The van der Waals surface area contributed by atoms with E-state index in [9.17, 15) is 14.0 Å². The number of benzene rings is 3. The average molecular weight is 441 g/mol. The van der Waals surface area contributed by atoms with Crippen LogP contribution in [-0.4, -0.2) is 29.8 Å². The van der Waals surface area contributed by atoms with Crippen LogP contribution in [0.5, 0.6) is 5.75 Å². The first-order valence-corrected chi connectivity index (χ1v) is 9.56. The summed E-state index contributed by atoms with van der Waals surface area (Å²) in [6.45, 7) is 1.48. The summed E-state index contributed by atoms with van der Waals surface area (Å²) in [7, 11) is 0.